The molecule has 6 heteroatoms. The van der Waals surface area contributed by atoms with Crippen molar-refractivity contribution in [2.24, 2.45) is 0 Å². The quantitative estimate of drug-likeness (QED) is 0.552. The topological polar surface area (TPSA) is 70.7 Å². The molecule has 0 atom stereocenters. The van der Waals surface area contributed by atoms with Gasteiger partial charge in [0, 0.05) is 36.1 Å². The highest BCUT2D eigenvalue weighted by Gasteiger charge is 2.12. The fraction of sp³-hybridized carbons (Fsp3) is 0.391. The highest BCUT2D eigenvalue weighted by Crippen LogP contribution is 2.18. The molecule has 0 aromatic heterocycles. The monoisotopic (exact) mass is 397 g/mol. The van der Waals surface area contributed by atoms with Crippen molar-refractivity contribution in [3.05, 3.63) is 54.1 Å². The second kappa shape index (κ2) is 11.7. The van der Waals surface area contributed by atoms with E-state index >= 15 is 0 Å². The van der Waals surface area contributed by atoms with Crippen molar-refractivity contribution in [3.8, 4) is 5.75 Å². The molecule has 0 bridgehead atoms. The maximum atomic E-state index is 12.3. The van der Waals surface area contributed by atoms with Crippen LogP contribution >= 0.6 is 0 Å². The molecule has 0 aliphatic rings. The van der Waals surface area contributed by atoms with Crippen LogP contribution in [0.3, 0.4) is 0 Å². The number of hydrogen-bond donors (Lipinski definition) is 2. The summed E-state index contributed by atoms with van der Waals surface area (Å²) < 4.78 is 5.66. The SMILES string of the molecule is CCCCOc1cccc(NC(=O)CNc2ccc(C(=O)N(CC)CC)cc2)c1. The van der Waals surface area contributed by atoms with Crippen LogP contribution in [0.1, 0.15) is 44.0 Å². The van der Waals surface area contributed by atoms with Gasteiger partial charge in [-0.15, -0.1) is 0 Å². The van der Waals surface area contributed by atoms with Gasteiger partial charge in [0.2, 0.25) is 5.91 Å². The Morgan fingerprint density at radius 2 is 1.69 bits per heavy atom. The average molecular weight is 398 g/mol. The number of nitrogens with zero attached hydrogens (tertiary/aromatic N) is 1. The summed E-state index contributed by atoms with van der Waals surface area (Å²) in [5, 5.41) is 5.94. The van der Waals surface area contributed by atoms with E-state index in [1.165, 1.54) is 0 Å². The summed E-state index contributed by atoms with van der Waals surface area (Å²) in [5.41, 5.74) is 2.13. The summed E-state index contributed by atoms with van der Waals surface area (Å²) in [6.07, 6.45) is 2.08. The molecule has 6 nitrogen and oxygen atoms in total. The fourth-order valence-corrected chi connectivity index (χ4v) is 2.81. The molecule has 2 N–H and O–H groups in total. The van der Waals surface area contributed by atoms with E-state index in [1.54, 1.807) is 17.0 Å². The van der Waals surface area contributed by atoms with E-state index in [2.05, 4.69) is 17.6 Å². The largest absolute Gasteiger partial charge is 0.494 e. The third kappa shape index (κ3) is 7.14. The van der Waals surface area contributed by atoms with Crippen molar-refractivity contribution in [2.75, 3.05) is 36.9 Å². The van der Waals surface area contributed by atoms with Gasteiger partial charge in [-0.1, -0.05) is 19.4 Å². The van der Waals surface area contributed by atoms with Gasteiger partial charge in [0.05, 0.1) is 13.2 Å². The van der Waals surface area contributed by atoms with E-state index in [4.69, 9.17) is 4.74 Å². The van der Waals surface area contributed by atoms with E-state index in [0.717, 1.165) is 24.3 Å². The summed E-state index contributed by atoms with van der Waals surface area (Å²) >= 11 is 0. The van der Waals surface area contributed by atoms with Crippen molar-refractivity contribution >= 4 is 23.2 Å². The Balaban J connectivity index is 1.85. The number of rotatable bonds is 11. The van der Waals surface area contributed by atoms with Crippen molar-refractivity contribution in [2.45, 2.75) is 33.6 Å². The van der Waals surface area contributed by atoms with Gasteiger partial charge in [-0.2, -0.15) is 0 Å². The first-order valence-electron chi connectivity index (χ1n) is 10.2. The first-order valence-corrected chi connectivity index (χ1v) is 10.2. The van der Waals surface area contributed by atoms with Crippen LogP contribution in [0.2, 0.25) is 0 Å². The van der Waals surface area contributed by atoms with Gasteiger partial charge in [0.1, 0.15) is 5.75 Å². The molecule has 2 aromatic rings. The number of nitrogens with one attached hydrogen (secondary N) is 2. The van der Waals surface area contributed by atoms with Crippen molar-refractivity contribution in [1.82, 2.24) is 4.90 Å². The summed E-state index contributed by atoms with van der Waals surface area (Å²) in [4.78, 5) is 26.3. The Labute approximate surface area is 173 Å². The lowest BCUT2D eigenvalue weighted by molar-refractivity contribution is -0.114. The molecule has 0 aliphatic carbocycles. The van der Waals surface area contributed by atoms with Crippen molar-refractivity contribution in [3.63, 3.8) is 0 Å². The number of benzene rings is 2. The van der Waals surface area contributed by atoms with Gasteiger partial charge < -0.3 is 20.3 Å². The third-order valence-corrected chi connectivity index (χ3v) is 4.52. The normalized spacial score (nSPS) is 10.3. The number of carbonyl (C=O) groups excluding carboxylic acids is 2. The maximum Gasteiger partial charge on any atom is 0.253 e. The zero-order valence-electron chi connectivity index (χ0n) is 17.5. The number of anilines is 2. The van der Waals surface area contributed by atoms with E-state index in [0.29, 0.717) is 30.9 Å². The molecule has 2 aromatic carbocycles. The van der Waals surface area contributed by atoms with E-state index in [1.807, 2.05) is 50.2 Å². The Morgan fingerprint density at radius 1 is 0.966 bits per heavy atom. The van der Waals surface area contributed by atoms with Crippen LogP contribution in [0.5, 0.6) is 5.75 Å². The molecule has 0 radical (unpaired) electrons. The van der Waals surface area contributed by atoms with Crippen molar-refractivity contribution in [1.29, 1.82) is 0 Å². The van der Waals surface area contributed by atoms with Crippen LogP contribution in [-0.4, -0.2) is 43.0 Å². The lowest BCUT2D eigenvalue weighted by Gasteiger charge is -2.18. The van der Waals surface area contributed by atoms with Gasteiger partial charge >= 0.3 is 0 Å². The Morgan fingerprint density at radius 3 is 2.34 bits per heavy atom. The van der Waals surface area contributed by atoms with Gasteiger partial charge in [-0.3, -0.25) is 9.59 Å². The first-order chi connectivity index (χ1) is 14.1. The molecule has 0 spiro atoms. The molecule has 2 rings (SSSR count). The zero-order chi connectivity index (χ0) is 21.1. The van der Waals surface area contributed by atoms with Crippen LogP contribution in [0.15, 0.2) is 48.5 Å². The highest BCUT2D eigenvalue weighted by atomic mass is 16.5. The van der Waals surface area contributed by atoms with Crippen LogP contribution in [0, 0.1) is 0 Å². The van der Waals surface area contributed by atoms with Gasteiger partial charge in [-0.25, -0.2) is 0 Å². The smallest absolute Gasteiger partial charge is 0.253 e. The minimum Gasteiger partial charge on any atom is -0.494 e. The van der Waals surface area contributed by atoms with Gasteiger partial charge in [0.15, 0.2) is 0 Å². The van der Waals surface area contributed by atoms with Gasteiger partial charge in [0.25, 0.3) is 5.91 Å². The molecular weight excluding hydrogens is 366 g/mol. The molecule has 0 fully saturated rings. The molecule has 2 amide bonds. The Bertz CT molecular complexity index is 786. The minimum atomic E-state index is -0.154. The Hall–Kier alpha value is -3.02. The van der Waals surface area contributed by atoms with Crippen LogP contribution < -0.4 is 15.4 Å². The summed E-state index contributed by atoms with van der Waals surface area (Å²) in [6, 6.07) is 14.6. The van der Waals surface area contributed by atoms with E-state index in [9.17, 15) is 9.59 Å². The lowest BCUT2D eigenvalue weighted by atomic mass is 10.1. The molecule has 156 valence electrons. The predicted octanol–water partition coefficient (Wildman–Crippen LogP) is 4.40. The van der Waals surface area contributed by atoms with E-state index < -0.39 is 0 Å². The molecule has 0 saturated carbocycles. The molecular formula is C23H31N3O3. The number of amides is 2. The van der Waals surface area contributed by atoms with Crippen LogP contribution in [0.4, 0.5) is 11.4 Å². The van der Waals surface area contributed by atoms with E-state index in [-0.39, 0.29) is 18.4 Å². The maximum absolute atomic E-state index is 12.3. The number of ether oxygens (including phenoxy) is 1. The van der Waals surface area contributed by atoms with Crippen molar-refractivity contribution < 1.29 is 14.3 Å². The first kappa shape index (κ1) is 22.3. The molecule has 0 heterocycles. The highest BCUT2D eigenvalue weighted by molar-refractivity contribution is 5.95. The second-order valence-corrected chi connectivity index (χ2v) is 6.69. The molecule has 29 heavy (non-hydrogen) atoms. The second-order valence-electron chi connectivity index (χ2n) is 6.69. The third-order valence-electron chi connectivity index (χ3n) is 4.52. The standard InChI is InChI=1S/C23H31N3O3/c1-4-7-15-29-21-10-8-9-20(16-21)25-22(27)17-24-19-13-11-18(12-14-19)23(28)26(5-2)6-3/h8-14,16,24H,4-7,15,17H2,1-3H3,(H,25,27). The Kier molecular flexibility index (Phi) is 9.02. The summed E-state index contributed by atoms with van der Waals surface area (Å²) in [7, 11) is 0. The van der Waals surface area contributed by atoms with Gasteiger partial charge in [-0.05, 0) is 56.7 Å². The summed E-state index contributed by atoms with van der Waals surface area (Å²) in [6.45, 7) is 8.20. The number of unbranched alkanes of at least 4 members (excludes halogenated alkanes) is 1. The molecule has 0 saturated heterocycles. The zero-order valence-corrected chi connectivity index (χ0v) is 17.5. The lowest BCUT2D eigenvalue weighted by Crippen LogP contribution is -2.30. The summed E-state index contributed by atoms with van der Waals surface area (Å²) in [5.74, 6) is 0.608. The van der Waals surface area contributed by atoms with Crippen LogP contribution in [-0.2, 0) is 4.79 Å². The molecule has 0 aliphatic heterocycles. The number of hydrogen-bond acceptors (Lipinski definition) is 4. The van der Waals surface area contributed by atoms with Crippen LogP contribution in [0.25, 0.3) is 0 Å². The predicted molar refractivity (Wildman–Crippen MR) is 118 cm³/mol. The number of carbonyl (C=O) groups is 2. The average Bonchev–Trinajstić information content (AvgIpc) is 2.74. The fourth-order valence-electron chi connectivity index (χ4n) is 2.81. The minimum absolute atomic E-state index is 0.0142. The molecule has 0 unspecified atom stereocenters.